The highest BCUT2D eigenvalue weighted by atomic mass is 35.5. The standard InChI is InChI=1S/C10H13Cl/c1-4-9-6-5-7(2)8(3)10(9)11/h5-6H,4H2,1-3H3. The van der Waals surface area contributed by atoms with Crippen LogP contribution in [-0.2, 0) is 6.42 Å². The second kappa shape index (κ2) is 3.27. The molecule has 0 bridgehead atoms. The predicted molar refractivity (Wildman–Crippen MR) is 50.3 cm³/mol. The van der Waals surface area contributed by atoms with E-state index in [0.29, 0.717) is 0 Å². The van der Waals surface area contributed by atoms with Crippen molar-refractivity contribution < 1.29 is 0 Å². The molecule has 0 saturated heterocycles. The molecule has 0 heterocycles. The fourth-order valence-electron chi connectivity index (χ4n) is 1.11. The van der Waals surface area contributed by atoms with Crippen molar-refractivity contribution in [2.45, 2.75) is 27.2 Å². The van der Waals surface area contributed by atoms with E-state index >= 15 is 0 Å². The number of rotatable bonds is 1. The molecule has 0 atom stereocenters. The van der Waals surface area contributed by atoms with Crippen molar-refractivity contribution in [3.8, 4) is 0 Å². The molecule has 1 rings (SSSR count). The van der Waals surface area contributed by atoms with Gasteiger partial charge in [0.1, 0.15) is 0 Å². The SMILES string of the molecule is CCc1ccc(C)c(C)c1Cl. The van der Waals surface area contributed by atoms with Gasteiger partial charge in [-0.2, -0.15) is 0 Å². The molecule has 0 aliphatic carbocycles. The van der Waals surface area contributed by atoms with Crippen molar-refractivity contribution >= 4 is 11.6 Å². The molecule has 1 aromatic rings. The van der Waals surface area contributed by atoms with Crippen LogP contribution in [0, 0.1) is 13.8 Å². The molecule has 0 radical (unpaired) electrons. The Morgan fingerprint density at radius 3 is 2.45 bits per heavy atom. The van der Waals surface area contributed by atoms with Crippen LogP contribution in [0.4, 0.5) is 0 Å². The van der Waals surface area contributed by atoms with Crippen molar-refractivity contribution in [2.24, 2.45) is 0 Å². The highest BCUT2D eigenvalue weighted by Crippen LogP contribution is 2.23. The highest BCUT2D eigenvalue weighted by Gasteiger charge is 2.02. The van der Waals surface area contributed by atoms with Gasteiger partial charge in [0.2, 0.25) is 0 Å². The summed E-state index contributed by atoms with van der Waals surface area (Å²) in [5.74, 6) is 0. The molecule has 0 nitrogen and oxygen atoms in total. The Balaban J connectivity index is 3.25. The van der Waals surface area contributed by atoms with E-state index < -0.39 is 0 Å². The predicted octanol–water partition coefficient (Wildman–Crippen LogP) is 3.52. The summed E-state index contributed by atoms with van der Waals surface area (Å²) in [7, 11) is 0. The molecule has 11 heavy (non-hydrogen) atoms. The second-order valence-electron chi connectivity index (χ2n) is 2.83. The van der Waals surface area contributed by atoms with E-state index in [1.807, 2.05) is 0 Å². The summed E-state index contributed by atoms with van der Waals surface area (Å²) >= 11 is 6.10. The Morgan fingerprint density at radius 1 is 1.27 bits per heavy atom. The molecule has 0 aliphatic heterocycles. The highest BCUT2D eigenvalue weighted by molar-refractivity contribution is 6.32. The molecular weight excluding hydrogens is 156 g/mol. The van der Waals surface area contributed by atoms with Crippen LogP contribution in [0.2, 0.25) is 5.02 Å². The Morgan fingerprint density at radius 2 is 1.91 bits per heavy atom. The summed E-state index contributed by atoms with van der Waals surface area (Å²) < 4.78 is 0. The summed E-state index contributed by atoms with van der Waals surface area (Å²) in [6, 6.07) is 4.23. The minimum atomic E-state index is 0.938. The van der Waals surface area contributed by atoms with Crippen LogP contribution in [0.3, 0.4) is 0 Å². The summed E-state index contributed by atoms with van der Waals surface area (Å²) in [5.41, 5.74) is 3.73. The Hall–Kier alpha value is -0.490. The molecule has 0 N–H and O–H groups in total. The largest absolute Gasteiger partial charge is 0.0837 e. The van der Waals surface area contributed by atoms with Gasteiger partial charge < -0.3 is 0 Å². The quantitative estimate of drug-likeness (QED) is 0.602. The minimum absolute atomic E-state index is 0.938. The third-order valence-electron chi connectivity index (χ3n) is 2.12. The van der Waals surface area contributed by atoms with Gasteiger partial charge >= 0.3 is 0 Å². The van der Waals surface area contributed by atoms with Crippen LogP contribution in [0.25, 0.3) is 0 Å². The van der Waals surface area contributed by atoms with Crippen molar-refractivity contribution in [1.29, 1.82) is 0 Å². The van der Waals surface area contributed by atoms with Crippen LogP contribution in [-0.4, -0.2) is 0 Å². The molecule has 0 saturated carbocycles. The molecule has 0 aliphatic rings. The van der Waals surface area contributed by atoms with Crippen molar-refractivity contribution in [2.75, 3.05) is 0 Å². The lowest BCUT2D eigenvalue weighted by Crippen LogP contribution is -1.88. The maximum atomic E-state index is 6.10. The fourth-order valence-corrected chi connectivity index (χ4v) is 1.46. The van der Waals surface area contributed by atoms with Crippen LogP contribution in [0.5, 0.6) is 0 Å². The van der Waals surface area contributed by atoms with Crippen LogP contribution in [0.15, 0.2) is 12.1 Å². The zero-order valence-corrected chi connectivity index (χ0v) is 8.00. The molecule has 1 aromatic carbocycles. The van der Waals surface area contributed by atoms with E-state index in [-0.39, 0.29) is 0 Å². The zero-order valence-electron chi connectivity index (χ0n) is 7.24. The lowest BCUT2D eigenvalue weighted by Gasteiger charge is -2.06. The number of benzene rings is 1. The molecule has 0 spiro atoms. The summed E-state index contributed by atoms with van der Waals surface area (Å²) in [5, 5.41) is 0.938. The Kier molecular flexibility index (Phi) is 2.56. The van der Waals surface area contributed by atoms with Gasteiger partial charge in [-0.25, -0.2) is 0 Å². The van der Waals surface area contributed by atoms with Gasteiger partial charge in [-0.15, -0.1) is 0 Å². The Labute approximate surface area is 73.2 Å². The molecule has 1 heteroatoms. The number of hydrogen-bond acceptors (Lipinski definition) is 0. The van der Waals surface area contributed by atoms with E-state index in [9.17, 15) is 0 Å². The Bertz CT molecular complexity index is 264. The van der Waals surface area contributed by atoms with Crippen molar-refractivity contribution in [3.63, 3.8) is 0 Å². The minimum Gasteiger partial charge on any atom is -0.0837 e. The smallest absolute Gasteiger partial charge is 0.0469 e. The molecule has 0 aromatic heterocycles. The van der Waals surface area contributed by atoms with Crippen LogP contribution in [0.1, 0.15) is 23.6 Å². The van der Waals surface area contributed by atoms with Crippen LogP contribution >= 0.6 is 11.6 Å². The fraction of sp³-hybridized carbons (Fsp3) is 0.400. The summed E-state index contributed by atoms with van der Waals surface area (Å²) in [6.45, 7) is 6.27. The summed E-state index contributed by atoms with van der Waals surface area (Å²) in [4.78, 5) is 0. The molecule has 0 amide bonds. The zero-order chi connectivity index (χ0) is 8.43. The van der Waals surface area contributed by atoms with Gasteiger partial charge in [0, 0.05) is 5.02 Å². The van der Waals surface area contributed by atoms with Gasteiger partial charge in [0.05, 0.1) is 0 Å². The number of halogens is 1. The van der Waals surface area contributed by atoms with Gasteiger partial charge in [0.15, 0.2) is 0 Å². The topological polar surface area (TPSA) is 0 Å². The molecule has 0 unspecified atom stereocenters. The number of aryl methyl sites for hydroxylation is 2. The lowest BCUT2D eigenvalue weighted by atomic mass is 10.0. The third-order valence-corrected chi connectivity index (χ3v) is 2.64. The van der Waals surface area contributed by atoms with E-state index in [2.05, 4.69) is 32.9 Å². The maximum Gasteiger partial charge on any atom is 0.0469 e. The number of hydrogen-bond donors (Lipinski definition) is 0. The summed E-state index contributed by atoms with van der Waals surface area (Å²) in [6.07, 6.45) is 1.01. The van der Waals surface area contributed by atoms with Crippen LogP contribution < -0.4 is 0 Å². The third kappa shape index (κ3) is 1.57. The normalized spacial score (nSPS) is 10.2. The van der Waals surface area contributed by atoms with Crippen molar-refractivity contribution in [3.05, 3.63) is 33.8 Å². The van der Waals surface area contributed by atoms with Gasteiger partial charge in [0.25, 0.3) is 0 Å². The molecular formula is C10H13Cl. The maximum absolute atomic E-state index is 6.10. The first-order valence-corrected chi connectivity index (χ1v) is 4.29. The lowest BCUT2D eigenvalue weighted by molar-refractivity contribution is 1.12. The van der Waals surface area contributed by atoms with Crippen molar-refractivity contribution in [1.82, 2.24) is 0 Å². The average molecular weight is 169 g/mol. The first-order chi connectivity index (χ1) is 5.16. The van der Waals surface area contributed by atoms with E-state index in [4.69, 9.17) is 11.6 Å². The molecule has 0 fully saturated rings. The van der Waals surface area contributed by atoms with E-state index in [1.54, 1.807) is 0 Å². The first-order valence-electron chi connectivity index (χ1n) is 3.91. The second-order valence-corrected chi connectivity index (χ2v) is 3.21. The molecule has 60 valence electrons. The van der Waals surface area contributed by atoms with Gasteiger partial charge in [-0.3, -0.25) is 0 Å². The van der Waals surface area contributed by atoms with Gasteiger partial charge in [-0.1, -0.05) is 30.7 Å². The van der Waals surface area contributed by atoms with E-state index in [1.165, 1.54) is 16.7 Å². The van der Waals surface area contributed by atoms with Gasteiger partial charge in [-0.05, 0) is 37.0 Å². The van der Waals surface area contributed by atoms with E-state index in [0.717, 1.165) is 11.4 Å². The first kappa shape index (κ1) is 8.61. The monoisotopic (exact) mass is 168 g/mol. The average Bonchev–Trinajstić information content (AvgIpc) is 2.01.